The van der Waals surface area contributed by atoms with Gasteiger partial charge < -0.3 is 15.2 Å². The van der Waals surface area contributed by atoms with Crippen LogP contribution in [0.3, 0.4) is 0 Å². The van der Waals surface area contributed by atoms with E-state index in [1.165, 1.54) is 11.8 Å². The number of carbonyl (C=O) groups excluding carboxylic acids is 2. The number of hydrogen-bond donors (Lipinski definition) is 3. The van der Waals surface area contributed by atoms with Gasteiger partial charge in [-0.2, -0.15) is 24.9 Å². The molecule has 0 fully saturated rings. The molecule has 2 atom stereocenters. The van der Waals surface area contributed by atoms with Gasteiger partial charge in [0, 0.05) is 5.92 Å². The van der Waals surface area contributed by atoms with Crippen LogP contribution in [0.5, 0.6) is 0 Å². The van der Waals surface area contributed by atoms with Crippen LogP contribution in [0, 0.1) is 0 Å². The molecule has 2 amide bonds. The van der Waals surface area contributed by atoms with Crippen LogP contribution in [-0.4, -0.2) is 59.4 Å². The molecule has 0 radical (unpaired) electrons. The van der Waals surface area contributed by atoms with Gasteiger partial charge in [-0.25, -0.2) is 9.59 Å². The number of ether oxygens (including phenoxy) is 1. The number of aliphatic carboxylic acids is 1. The number of rotatable bonds is 9. The van der Waals surface area contributed by atoms with Crippen molar-refractivity contribution in [1.82, 2.24) is 10.6 Å². The lowest BCUT2D eigenvalue weighted by Gasteiger charge is -2.32. The Kier molecular flexibility index (Phi) is 7.99. The number of thioether (sulfide) groups is 1. The molecule has 1 unspecified atom stereocenters. The van der Waals surface area contributed by atoms with E-state index in [1.807, 2.05) is 53.8 Å². The highest BCUT2D eigenvalue weighted by molar-refractivity contribution is 7.98. The van der Waals surface area contributed by atoms with Gasteiger partial charge in [0.15, 0.2) is 0 Å². The maximum absolute atomic E-state index is 13.9. The maximum atomic E-state index is 13.9. The summed E-state index contributed by atoms with van der Waals surface area (Å²) in [4.78, 5) is 36.4. The van der Waals surface area contributed by atoms with E-state index in [0.717, 1.165) is 22.3 Å². The molecule has 2 aromatic carbocycles. The topological polar surface area (TPSA) is 105 Å². The van der Waals surface area contributed by atoms with Crippen molar-refractivity contribution in [2.45, 2.75) is 37.0 Å². The molecule has 0 saturated carbocycles. The Morgan fingerprint density at radius 3 is 2.09 bits per heavy atom. The van der Waals surface area contributed by atoms with E-state index in [4.69, 9.17) is 4.74 Å². The minimum atomic E-state index is -5.22. The predicted octanol–water partition coefficient (Wildman–Crippen LogP) is 4.17. The number of hydrogen-bond acceptors (Lipinski definition) is 5. The zero-order valence-corrected chi connectivity index (χ0v) is 19.8. The summed E-state index contributed by atoms with van der Waals surface area (Å²) >= 11 is 1.28. The van der Waals surface area contributed by atoms with Crippen molar-refractivity contribution < 1.29 is 37.4 Å². The third-order valence-electron chi connectivity index (χ3n) is 5.93. The largest absolute Gasteiger partial charge is 0.480 e. The van der Waals surface area contributed by atoms with Gasteiger partial charge in [-0.1, -0.05) is 48.5 Å². The summed E-state index contributed by atoms with van der Waals surface area (Å²) in [6.45, 7) is 0.220. The van der Waals surface area contributed by atoms with Crippen LogP contribution in [0.1, 0.15) is 30.4 Å². The number of benzene rings is 2. The molecule has 35 heavy (non-hydrogen) atoms. The van der Waals surface area contributed by atoms with Crippen LogP contribution in [0.4, 0.5) is 18.0 Å². The summed E-state index contributed by atoms with van der Waals surface area (Å²) in [7, 11) is 0. The SMILES string of the molecule is CSCC[C@H](NC(=O)C(C)(NC(=O)OCC1c2ccccc2-c2ccccc21)C(F)(F)F)C(=O)O. The first-order valence-electron chi connectivity index (χ1n) is 10.7. The predicted molar refractivity (Wildman–Crippen MR) is 125 cm³/mol. The molecule has 0 saturated heterocycles. The molecular formula is C24H25F3N2O5S. The monoisotopic (exact) mass is 510 g/mol. The molecule has 1 aliphatic carbocycles. The van der Waals surface area contributed by atoms with Crippen LogP contribution >= 0.6 is 11.8 Å². The Balaban J connectivity index is 1.74. The summed E-state index contributed by atoms with van der Waals surface area (Å²) < 4.78 is 46.8. The first kappa shape index (κ1) is 26.4. The second-order valence-electron chi connectivity index (χ2n) is 8.22. The van der Waals surface area contributed by atoms with Crippen molar-refractivity contribution in [3.05, 3.63) is 59.7 Å². The van der Waals surface area contributed by atoms with E-state index in [-0.39, 0.29) is 18.9 Å². The molecule has 3 rings (SSSR count). The average Bonchev–Trinajstić information content (AvgIpc) is 3.13. The number of alkyl halides is 3. The fraction of sp³-hybridized carbons (Fsp3) is 0.375. The fourth-order valence-corrected chi connectivity index (χ4v) is 4.36. The van der Waals surface area contributed by atoms with Crippen molar-refractivity contribution in [1.29, 1.82) is 0 Å². The quantitative estimate of drug-likeness (QED) is 0.468. The highest BCUT2D eigenvalue weighted by Crippen LogP contribution is 2.44. The maximum Gasteiger partial charge on any atom is 0.420 e. The Morgan fingerprint density at radius 2 is 1.60 bits per heavy atom. The Hall–Kier alpha value is -3.21. The fourth-order valence-electron chi connectivity index (χ4n) is 3.89. The molecule has 7 nitrogen and oxygen atoms in total. The molecule has 188 valence electrons. The molecule has 0 aliphatic heterocycles. The van der Waals surface area contributed by atoms with Gasteiger partial charge >= 0.3 is 18.2 Å². The number of carboxylic acid groups (broad SMARTS) is 1. The molecule has 0 aromatic heterocycles. The zero-order chi connectivity index (χ0) is 25.8. The molecule has 0 bridgehead atoms. The van der Waals surface area contributed by atoms with Crippen molar-refractivity contribution >= 4 is 29.7 Å². The van der Waals surface area contributed by atoms with Gasteiger partial charge in [0.25, 0.3) is 5.91 Å². The van der Waals surface area contributed by atoms with Gasteiger partial charge in [0.05, 0.1) is 0 Å². The van der Waals surface area contributed by atoms with Crippen molar-refractivity contribution in [3.63, 3.8) is 0 Å². The molecular weight excluding hydrogens is 485 g/mol. The second-order valence-corrected chi connectivity index (χ2v) is 9.20. The van der Waals surface area contributed by atoms with Gasteiger partial charge in [-0.15, -0.1) is 0 Å². The number of amides is 2. The normalized spacial score (nSPS) is 15.3. The summed E-state index contributed by atoms with van der Waals surface area (Å²) in [5.41, 5.74) is 0.234. The lowest BCUT2D eigenvalue weighted by Crippen LogP contribution is -2.66. The van der Waals surface area contributed by atoms with Gasteiger partial charge in [-0.3, -0.25) is 10.1 Å². The lowest BCUT2D eigenvalue weighted by atomic mass is 9.98. The molecule has 3 N–H and O–H groups in total. The Morgan fingerprint density at radius 1 is 1.06 bits per heavy atom. The van der Waals surface area contributed by atoms with Crippen molar-refractivity contribution in [3.8, 4) is 11.1 Å². The highest BCUT2D eigenvalue weighted by atomic mass is 32.2. The zero-order valence-electron chi connectivity index (χ0n) is 19.0. The van der Waals surface area contributed by atoms with E-state index in [2.05, 4.69) is 0 Å². The first-order valence-corrected chi connectivity index (χ1v) is 12.1. The van der Waals surface area contributed by atoms with Crippen molar-refractivity contribution in [2.24, 2.45) is 0 Å². The number of carbonyl (C=O) groups is 3. The summed E-state index contributed by atoms with van der Waals surface area (Å²) in [5, 5.41) is 12.7. The van der Waals surface area contributed by atoms with Gasteiger partial charge in [0.2, 0.25) is 5.54 Å². The molecule has 2 aromatic rings. The summed E-state index contributed by atoms with van der Waals surface area (Å²) in [5.74, 6) is -3.24. The minimum Gasteiger partial charge on any atom is -0.480 e. The van der Waals surface area contributed by atoms with E-state index >= 15 is 0 Å². The summed E-state index contributed by atoms with van der Waals surface area (Å²) in [6.07, 6.45) is -5.05. The van der Waals surface area contributed by atoms with E-state index in [0.29, 0.717) is 12.7 Å². The van der Waals surface area contributed by atoms with Gasteiger partial charge in [0.1, 0.15) is 12.6 Å². The average molecular weight is 511 g/mol. The second kappa shape index (κ2) is 10.6. The highest BCUT2D eigenvalue weighted by Gasteiger charge is 2.58. The van der Waals surface area contributed by atoms with E-state index in [9.17, 15) is 32.7 Å². The third-order valence-corrected chi connectivity index (χ3v) is 6.57. The van der Waals surface area contributed by atoms with E-state index in [1.54, 1.807) is 11.6 Å². The van der Waals surface area contributed by atoms with Crippen molar-refractivity contribution in [2.75, 3.05) is 18.6 Å². The van der Waals surface area contributed by atoms with Crippen LogP contribution < -0.4 is 10.6 Å². The van der Waals surface area contributed by atoms with Crippen LogP contribution in [0.25, 0.3) is 11.1 Å². The third kappa shape index (κ3) is 5.55. The number of halogens is 3. The van der Waals surface area contributed by atoms with Crippen LogP contribution in [0.15, 0.2) is 48.5 Å². The first-order chi connectivity index (χ1) is 16.5. The molecule has 0 spiro atoms. The minimum absolute atomic E-state index is 0.0822. The van der Waals surface area contributed by atoms with E-state index < -0.39 is 35.7 Å². The number of nitrogens with one attached hydrogen (secondary N) is 2. The summed E-state index contributed by atoms with van der Waals surface area (Å²) in [6, 6.07) is 13.4. The standard InChI is InChI=1S/C24H25F3N2O5S/c1-23(24(25,26)27,21(32)28-19(20(30)31)11-12-35-2)29-22(33)34-13-18-16-9-5-3-7-14(16)15-8-4-6-10-17(15)18/h3-10,18-19H,11-13H2,1-2H3,(H,28,32)(H,29,33)(H,30,31)/t19-,23?/m0/s1. The molecule has 1 aliphatic rings. The Bertz CT molecular complexity index is 1070. The lowest BCUT2D eigenvalue weighted by molar-refractivity contribution is -0.195. The Labute approximate surface area is 204 Å². The number of fused-ring (bicyclic) bond motifs is 3. The smallest absolute Gasteiger partial charge is 0.420 e. The van der Waals surface area contributed by atoms with Crippen LogP contribution in [0.2, 0.25) is 0 Å². The van der Waals surface area contributed by atoms with Crippen LogP contribution in [-0.2, 0) is 14.3 Å². The number of carboxylic acids is 1. The molecule has 0 heterocycles. The number of alkyl carbamates (subject to hydrolysis) is 1. The molecule has 11 heteroatoms. The van der Waals surface area contributed by atoms with Gasteiger partial charge in [-0.05, 0) is 47.6 Å².